The molecule has 0 aromatic rings. The Kier molecular flexibility index (Phi) is 4.29. The van der Waals surface area contributed by atoms with E-state index in [1.165, 1.54) is 0 Å². The largest absolute Gasteiger partial charge is 0.416 e. The van der Waals surface area contributed by atoms with Gasteiger partial charge in [-0.15, -0.1) is 0 Å². The molecule has 1 atom stereocenters. The SMILES string of the molecule is CC(C)[C@@H](N)CO[Si](C)(C)C. The minimum atomic E-state index is -1.35. The quantitative estimate of drug-likeness (QED) is 0.662. The zero-order valence-corrected chi connectivity index (χ0v) is 9.35. The van der Waals surface area contributed by atoms with Crippen molar-refractivity contribution in [2.45, 2.75) is 39.5 Å². The Balaban J connectivity index is 3.54. The monoisotopic (exact) mass is 175 g/mol. The van der Waals surface area contributed by atoms with Crippen molar-refractivity contribution in [3.05, 3.63) is 0 Å². The van der Waals surface area contributed by atoms with Crippen LogP contribution in [-0.2, 0) is 4.43 Å². The maximum Gasteiger partial charge on any atom is 0.183 e. The van der Waals surface area contributed by atoms with Crippen LogP contribution in [0.1, 0.15) is 13.8 Å². The third-order valence-electron chi connectivity index (χ3n) is 1.57. The molecule has 0 fully saturated rings. The first-order valence-electron chi connectivity index (χ1n) is 4.22. The van der Waals surface area contributed by atoms with E-state index in [4.69, 9.17) is 10.2 Å². The van der Waals surface area contributed by atoms with Crippen molar-refractivity contribution in [3.63, 3.8) is 0 Å². The average Bonchev–Trinajstić information content (AvgIpc) is 1.80. The molecule has 68 valence electrons. The van der Waals surface area contributed by atoms with Crippen molar-refractivity contribution in [2.24, 2.45) is 11.7 Å². The van der Waals surface area contributed by atoms with Gasteiger partial charge >= 0.3 is 0 Å². The fraction of sp³-hybridized carbons (Fsp3) is 1.00. The van der Waals surface area contributed by atoms with E-state index in [1.807, 2.05) is 0 Å². The van der Waals surface area contributed by atoms with Crippen molar-refractivity contribution in [1.82, 2.24) is 0 Å². The highest BCUT2D eigenvalue weighted by atomic mass is 28.4. The van der Waals surface area contributed by atoms with E-state index in [2.05, 4.69) is 33.5 Å². The molecule has 0 aliphatic carbocycles. The molecule has 0 heterocycles. The number of hydrogen-bond acceptors (Lipinski definition) is 2. The molecule has 0 saturated carbocycles. The minimum Gasteiger partial charge on any atom is -0.416 e. The first-order valence-corrected chi connectivity index (χ1v) is 7.63. The zero-order chi connectivity index (χ0) is 9.07. The lowest BCUT2D eigenvalue weighted by Gasteiger charge is -2.22. The van der Waals surface area contributed by atoms with E-state index >= 15 is 0 Å². The highest BCUT2D eigenvalue weighted by Crippen LogP contribution is 2.05. The van der Waals surface area contributed by atoms with Crippen LogP contribution >= 0.6 is 0 Å². The summed E-state index contributed by atoms with van der Waals surface area (Å²) >= 11 is 0. The van der Waals surface area contributed by atoms with Gasteiger partial charge in [-0.2, -0.15) is 0 Å². The molecular weight excluding hydrogens is 154 g/mol. The molecule has 0 spiro atoms. The molecular formula is C8H21NOSi. The fourth-order valence-corrected chi connectivity index (χ4v) is 1.23. The summed E-state index contributed by atoms with van der Waals surface area (Å²) in [5.41, 5.74) is 5.82. The molecule has 0 amide bonds. The van der Waals surface area contributed by atoms with Crippen molar-refractivity contribution >= 4 is 8.32 Å². The van der Waals surface area contributed by atoms with E-state index in [9.17, 15) is 0 Å². The van der Waals surface area contributed by atoms with Crippen molar-refractivity contribution in [2.75, 3.05) is 6.61 Å². The summed E-state index contributed by atoms with van der Waals surface area (Å²) in [5.74, 6) is 0.520. The Labute approximate surface area is 71.3 Å². The normalized spacial score (nSPS) is 15.5. The molecule has 2 nitrogen and oxygen atoms in total. The van der Waals surface area contributed by atoms with E-state index in [1.54, 1.807) is 0 Å². The summed E-state index contributed by atoms with van der Waals surface area (Å²) in [6, 6.07) is 0.196. The van der Waals surface area contributed by atoms with Crippen molar-refractivity contribution in [1.29, 1.82) is 0 Å². The molecule has 0 saturated heterocycles. The molecule has 0 bridgehead atoms. The number of nitrogens with two attached hydrogens (primary N) is 1. The van der Waals surface area contributed by atoms with Gasteiger partial charge in [-0.25, -0.2) is 0 Å². The molecule has 11 heavy (non-hydrogen) atoms. The van der Waals surface area contributed by atoms with E-state index in [-0.39, 0.29) is 6.04 Å². The summed E-state index contributed by atoms with van der Waals surface area (Å²) in [4.78, 5) is 0. The second-order valence-electron chi connectivity index (χ2n) is 4.33. The van der Waals surface area contributed by atoms with E-state index in [0.29, 0.717) is 12.5 Å². The summed E-state index contributed by atoms with van der Waals surface area (Å²) in [6.45, 7) is 11.5. The smallest absolute Gasteiger partial charge is 0.183 e. The number of rotatable bonds is 4. The van der Waals surface area contributed by atoms with Crippen LogP contribution in [0.4, 0.5) is 0 Å². The van der Waals surface area contributed by atoms with Gasteiger partial charge in [0.15, 0.2) is 8.32 Å². The lowest BCUT2D eigenvalue weighted by molar-refractivity contribution is 0.254. The van der Waals surface area contributed by atoms with Gasteiger partial charge in [0, 0.05) is 12.6 Å². The maximum absolute atomic E-state index is 5.82. The van der Waals surface area contributed by atoms with Crippen molar-refractivity contribution in [3.8, 4) is 0 Å². The fourth-order valence-electron chi connectivity index (χ4n) is 0.539. The first-order chi connectivity index (χ1) is 4.83. The second kappa shape index (κ2) is 4.23. The Hall–Kier alpha value is 0.137. The van der Waals surface area contributed by atoms with Gasteiger partial charge in [0.1, 0.15) is 0 Å². The van der Waals surface area contributed by atoms with Crippen LogP contribution in [0.25, 0.3) is 0 Å². The molecule has 0 aliphatic rings. The van der Waals surface area contributed by atoms with Crippen LogP contribution in [-0.4, -0.2) is 21.0 Å². The predicted octanol–water partition coefficient (Wildman–Crippen LogP) is 1.82. The molecule has 3 heteroatoms. The van der Waals surface area contributed by atoms with Gasteiger partial charge in [0.05, 0.1) is 0 Å². The summed E-state index contributed by atoms with van der Waals surface area (Å²) in [7, 11) is -1.35. The highest BCUT2D eigenvalue weighted by molar-refractivity contribution is 6.69. The zero-order valence-electron chi connectivity index (χ0n) is 8.35. The Morgan fingerprint density at radius 1 is 1.27 bits per heavy atom. The van der Waals surface area contributed by atoms with Crippen LogP contribution in [0.5, 0.6) is 0 Å². The molecule has 0 aromatic heterocycles. The maximum atomic E-state index is 5.82. The first kappa shape index (κ1) is 11.1. The molecule has 0 radical (unpaired) electrons. The number of hydrogen-bond donors (Lipinski definition) is 1. The lowest BCUT2D eigenvalue weighted by Crippen LogP contribution is -2.37. The van der Waals surface area contributed by atoms with Gasteiger partial charge < -0.3 is 10.2 Å². The van der Waals surface area contributed by atoms with Crippen LogP contribution in [0, 0.1) is 5.92 Å². The van der Waals surface area contributed by atoms with Crippen LogP contribution in [0.15, 0.2) is 0 Å². The van der Waals surface area contributed by atoms with E-state index in [0.717, 1.165) is 0 Å². The minimum absolute atomic E-state index is 0.196. The van der Waals surface area contributed by atoms with Crippen LogP contribution < -0.4 is 5.73 Å². The van der Waals surface area contributed by atoms with Gasteiger partial charge in [-0.05, 0) is 25.6 Å². The van der Waals surface area contributed by atoms with Gasteiger partial charge in [-0.3, -0.25) is 0 Å². The standard InChI is InChI=1S/C8H21NOSi/c1-7(2)8(9)6-10-11(3,4)5/h7-8H,6,9H2,1-5H3/t8-/m0/s1. The third kappa shape index (κ3) is 6.53. The molecule has 0 unspecified atom stereocenters. The predicted molar refractivity (Wildman–Crippen MR) is 52.1 cm³/mol. The summed E-state index contributed by atoms with van der Waals surface area (Å²) < 4.78 is 5.67. The highest BCUT2D eigenvalue weighted by Gasteiger charge is 2.16. The van der Waals surface area contributed by atoms with Crippen molar-refractivity contribution < 1.29 is 4.43 Å². The Morgan fingerprint density at radius 3 is 2.00 bits per heavy atom. The molecule has 2 N–H and O–H groups in total. The second-order valence-corrected chi connectivity index (χ2v) is 8.84. The molecule has 0 rings (SSSR count). The Bertz CT molecular complexity index is 109. The molecule has 0 aliphatic heterocycles. The van der Waals surface area contributed by atoms with Crippen LogP contribution in [0.3, 0.4) is 0 Å². The molecule has 0 aromatic carbocycles. The van der Waals surface area contributed by atoms with Crippen LogP contribution in [0.2, 0.25) is 19.6 Å². The third-order valence-corrected chi connectivity index (χ3v) is 2.60. The van der Waals surface area contributed by atoms with E-state index < -0.39 is 8.32 Å². The lowest BCUT2D eigenvalue weighted by atomic mass is 10.1. The van der Waals surface area contributed by atoms with Gasteiger partial charge in [-0.1, -0.05) is 13.8 Å². The van der Waals surface area contributed by atoms with Gasteiger partial charge in [0.25, 0.3) is 0 Å². The summed E-state index contributed by atoms with van der Waals surface area (Å²) in [6.07, 6.45) is 0. The average molecular weight is 175 g/mol. The van der Waals surface area contributed by atoms with Gasteiger partial charge in [0.2, 0.25) is 0 Å². The topological polar surface area (TPSA) is 35.2 Å². The Morgan fingerprint density at radius 2 is 1.73 bits per heavy atom. The summed E-state index contributed by atoms with van der Waals surface area (Å²) in [5, 5.41) is 0.